The maximum absolute atomic E-state index is 12.3. The van der Waals surface area contributed by atoms with E-state index in [0.717, 1.165) is 11.1 Å². The zero-order chi connectivity index (χ0) is 15.9. The molecule has 1 atom stereocenters. The molecule has 0 spiro atoms. The molecular weight excluding hydrogens is 276 g/mol. The molecule has 3 heteroatoms. The number of carbonyl (C=O) groups excluding carboxylic acids is 1. The van der Waals surface area contributed by atoms with E-state index in [1.165, 1.54) is 0 Å². The first-order valence-electron chi connectivity index (χ1n) is 7.31. The zero-order valence-corrected chi connectivity index (χ0v) is 12.8. The SMILES string of the molecule is CCOC(=O)/C(=C(\C)c1ccccc1)C(O)c1ccccc1. The van der Waals surface area contributed by atoms with Gasteiger partial charge in [-0.1, -0.05) is 60.7 Å². The summed E-state index contributed by atoms with van der Waals surface area (Å²) >= 11 is 0. The van der Waals surface area contributed by atoms with Crippen LogP contribution >= 0.6 is 0 Å². The first kappa shape index (κ1) is 16.0. The second-order valence-electron chi connectivity index (χ2n) is 4.94. The molecule has 114 valence electrons. The fraction of sp³-hybridized carbons (Fsp3) is 0.211. The summed E-state index contributed by atoms with van der Waals surface area (Å²) in [5.74, 6) is -0.486. The molecule has 2 aromatic rings. The monoisotopic (exact) mass is 296 g/mol. The summed E-state index contributed by atoms with van der Waals surface area (Å²) in [6.45, 7) is 3.85. The van der Waals surface area contributed by atoms with E-state index >= 15 is 0 Å². The van der Waals surface area contributed by atoms with E-state index in [2.05, 4.69) is 0 Å². The predicted octanol–water partition coefficient (Wildman–Crippen LogP) is 3.76. The molecule has 0 aliphatic carbocycles. The number of rotatable bonds is 5. The van der Waals surface area contributed by atoms with Gasteiger partial charge in [-0.05, 0) is 30.5 Å². The van der Waals surface area contributed by atoms with Crippen LogP contribution in [0.1, 0.15) is 31.1 Å². The average molecular weight is 296 g/mol. The van der Waals surface area contributed by atoms with Crippen molar-refractivity contribution < 1.29 is 14.6 Å². The molecule has 0 fully saturated rings. The van der Waals surface area contributed by atoms with Crippen molar-refractivity contribution in [2.24, 2.45) is 0 Å². The van der Waals surface area contributed by atoms with E-state index in [4.69, 9.17) is 4.74 Å². The van der Waals surface area contributed by atoms with E-state index in [1.54, 1.807) is 19.1 Å². The molecule has 0 heterocycles. The van der Waals surface area contributed by atoms with Crippen molar-refractivity contribution in [1.82, 2.24) is 0 Å². The quantitative estimate of drug-likeness (QED) is 0.675. The lowest BCUT2D eigenvalue weighted by Gasteiger charge is -2.18. The Kier molecular flexibility index (Phi) is 5.50. The highest BCUT2D eigenvalue weighted by atomic mass is 16.5. The van der Waals surface area contributed by atoms with Crippen molar-refractivity contribution in [1.29, 1.82) is 0 Å². The molecular formula is C19H20O3. The first-order valence-corrected chi connectivity index (χ1v) is 7.31. The Balaban J connectivity index is 2.50. The molecule has 0 aliphatic rings. The lowest BCUT2D eigenvalue weighted by molar-refractivity contribution is -0.139. The molecule has 0 amide bonds. The maximum Gasteiger partial charge on any atom is 0.337 e. The van der Waals surface area contributed by atoms with Crippen LogP contribution in [0.2, 0.25) is 0 Å². The van der Waals surface area contributed by atoms with Crippen molar-refractivity contribution in [3.05, 3.63) is 77.4 Å². The standard InChI is InChI=1S/C19H20O3/c1-3-22-19(21)17(14(2)15-10-6-4-7-11-15)18(20)16-12-8-5-9-13-16/h4-13,18,20H,3H2,1-2H3/b17-14+. The smallest absolute Gasteiger partial charge is 0.337 e. The van der Waals surface area contributed by atoms with Gasteiger partial charge < -0.3 is 9.84 Å². The third kappa shape index (κ3) is 3.62. The number of carbonyl (C=O) groups is 1. The highest BCUT2D eigenvalue weighted by Gasteiger charge is 2.24. The molecule has 0 saturated heterocycles. The fourth-order valence-electron chi connectivity index (χ4n) is 2.32. The average Bonchev–Trinajstić information content (AvgIpc) is 2.56. The van der Waals surface area contributed by atoms with E-state index in [0.29, 0.717) is 5.56 Å². The molecule has 1 N–H and O–H groups in total. The second kappa shape index (κ2) is 7.57. The molecule has 1 unspecified atom stereocenters. The van der Waals surface area contributed by atoms with Gasteiger partial charge in [0.1, 0.15) is 6.10 Å². The molecule has 0 aromatic heterocycles. The van der Waals surface area contributed by atoms with Crippen LogP contribution in [0.3, 0.4) is 0 Å². The van der Waals surface area contributed by atoms with Crippen LogP contribution in [0.25, 0.3) is 5.57 Å². The van der Waals surface area contributed by atoms with Gasteiger partial charge in [-0.3, -0.25) is 0 Å². The number of aliphatic hydroxyl groups excluding tert-OH is 1. The zero-order valence-electron chi connectivity index (χ0n) is 12.8. The number of aliphatic hydroxyl groups is 1. The van der Waals surface area contributed by atoms with Crippen LogP contribution in [0.5, 0.6) is 0 Å². The molecule has 3 nitrogen and oxygen atoms in total. The van der Waals surface area contributed by atoms with Crippen molar-refractivity contribution in [3.63, 3.8) is 0 Å². The minimum absolute atomic E-state index is 0.270. The number of benzene rings is 2. The van der Waals surface area contributed by atoms with Gasteiger partial charge in [0.15, 0.2) is 0 Å². The van der Waals surface area contributed by atoms with Gasteiger partial charge in [0.25, 0.3) is 0 Å². The number of hydrogen-bond donors (Lipinski definition) is 1. The largest absolute Gasteiger partial charge is 0.463 e. The van der Waals surface area contributed by atoms with Gasteiger partial charge in [-0.15, -0.1) is 0 Å². The van der Waals surface area contributed by atoms with Crippen LogP contribution in [0, 0.1) is 0 Å². The summed E-state index contributed by atoms with van der Waals surface area (Å²) in [7, 11) is 0. The summed E-state index contributed by atoms with van der Waals surface area (Å²) in [5, 5.41) is 10.7. The summed E-state index contributed by atoms with van der Waals surface area (Å²) in [6, 6.07) is 18.6. The van der Waals surface area contributed by atoms with Crippen LogP contribution in [-0.4, -0.2) is 17.7 Å². The Labute approximate surface area is 130 Å². The van der Waals surface area contributed by atoms with Gasteiger partial charge >= 0.3 is 5.97 Å². The molecule has 0 bridgehead atoms. The number of hydrogen-bond acceptors (Lipinski definition) is 3. The molecule has 0 aliphatic heterocycles. The summed E-state index contributed by atoms with van der Waals surface area (Å²) in [4.78, 5) is 12.3. The van der Waals surface area contributed by atoms with Crippen LogP contribution in [-0.2, 0) is 9.53 Å². The van der Waals surface area contributed by atoms with Crippen molar-refractivity contribution in [2.45, 2.75) is 20.0 Å². The van der Waals surface area contributed by atoms with Crippen LogP contribution in [0.4, 0.5) is 0 Å². The topological polar surface area (TPSA) is 46.5 Å². The van der Waals surface area contributed by atoms with Crippen molar-refractivity contribution >= 4 is 11.5 Å². The van der Waals surface area contributed by atoms with Gasteiger partial charge in [-0.2, -0.15) is 0 Å². The molecule has 0 saturated carbocycles. The maximum atomic E-state index is 12.3. The normalized spacial score (nSPS) is 13.2. The fourth-order valence-corrected chi connectivity index (χ4v) is 2.32. The van der Waals surface area contributed by atoms with Gasteiger partial charge in [0.05, 0.1) is 12.2 Å². The predicted molar refractivity (Wildman–Crippen MR) is 87.1 cm³/mol. The number of allylic oxidation sites excluding steroid dienone is 1. The lowest BCUT2D eigenvalue weighted by atomic mass is 9.93. The number of esters is 1. The van der Waals surface area contributed by atoms with Gasteiger partial charge in [0, 0.05) is 0 Å². The molecule has 0 radical (unpaired) electrons. The van der Waals surface area contributed by atoms with Crippen molar-refractivity contribution in [3.8, 4) is 0 Å². The van der Waals surface area contributed by atoms with E-state index in [9.17, 15) is 9.90 Å². The van der Waals surface area contributed by atoms with Gasteiger partial charge in [0.2, 0.25) is 0 Å². The summed E-state index contributed by atoms with van der Waals surface area (Å²) < 4.78 is 5.13. The van der Waals surface area contributed by atoms with Crippen LogP contribution < -0.4 is 0 Å². The van der Waals surface area contributed by atoms with E-state index in [1.807, 2.05) is 55.5 Å². The van der Waals surface area contributed by atoms with E-state index in [-0.39, 0.29) is 12.2 Å². The first-order chi connectivity index (χ1) is 10.6. The van der Waals surface area contributed by atoms with Crippen LogP contribution in [0.15, 0.2) is 66.2 Å². The third-order valence-electron chi connectivity index (χ3n) is 3.49. The highest BCUT2D eigenvalue weighted by Crippen LogP contribution is 2.29. The van der Waals surface area contributed by atoms with E-state index < -0.39 is 12.1 Å². The van der Waals surface area contributed by atoms with Crippen molar-refractivity contribution in [2.75, 3.05) is 6.61 Å². The van der Waals surface area contributed by atoms with Gasteiger partial charge in [-0.25, -0.2) is 4.79 Å². The highest BCUT2D eigenvalue weighted by molar-refractivity contribution is 5.98. The Morgan fingerprint density at radius 2 is 1.59 bits per heavy atom. The Bertz CT molecular complexity index is 645. The molecule has 2 rings (SSSR count). The molecule has 2 aromatic carbocycles. The molecule has 22 heavy (non-hydrogen) atoms. The summed E-state index contributed by atoms with van der Waals surface area (Å²) in [5.41, 5.74) is 2.55. The Hall–Kier alpha value is -2.39. The Morgan fingerprint density at radius 3 is 2.14 bits per heavy atom. The minimum atomic E-state index is -1.01. The minimum Gasteiger partial charge on any atom is -0.463 e. The third-order valence-corrected chi connectivity index (χ3v) is 3.49. The number of ether oxygens (including phenoxy) is 1. The lowest BCUT2D eigenvalue weighted by Crippen LogP contribution is -2.16. The second-order valence-corrected chi connectivity index (χ2v) is 4.94. The Morgan fingerprint density at radius 1 is 1.05 bits per heavy atom. The summed E-state index contributed by atoms with van der Waals surface area (Å²) in [6.07, 6.45) is -1.01.